The number of carbonyl (C=O) groups excluding carboxylic acids is 2. The SMILES string of the molecule is Cc1cc(C(=O)N2CCN(CCNC(=O)COc3cccnc3)CC2)no1. The number of nitrogens with one attached hydrogen (secondary N) is 1. The van der Waals surface area contributed by atoms with E-state index in [2.05, 4.69) is 20.4 Å². The minimum atomic E-state index is -0.172. The Morgan fingerprint density at radius 1 is 1.30 bits per heavy atom. The average Bonchev–Trinajstić information content (AvgIpc) is 3.13. The van der Waals surface area contributed by atoms with E-state index >= 15 is 0 Å². The molecule has 27 heavy (non-hydrogen) atoms. The van der Waals surface area contributed by atoms with E-state index in [-0.39, 0.29) is 18.4 Å². The zero-order valence-electron chi connectivity index (χ0n) is 15.3. The summed E-state index contributed by atoms with van der Waals surface area (Å²) in [4.78, 5) is 32.0. The van der Waals surface area contributed by atoms with E-state index in [9.17, 15) is 9.59 Å². The number of hydrogen-bond acceptors (Lipinski definition) is 7. The van der Waals surface area contributed by atoms with Crippen LogP contribution in [-0.4, -0.2) is 77.6 Å². The molecule has 0 saturated carbocycles. The highest BCUT2D eigenvalue weighted by Crippen LogP contribution is 2.09. The third-order valence-corrected chi connectivity index (χ3v) is 4.26. The number of carbonyl (C=O) groups is 2. The molecule has 9 nitrogen and oxygen atoms in total. The van der Waals surface area contributed by atoms with Gasteiger partial charge in [0.1, 0.15) is 11.5 Å². The summed E-state index contributed by atoms with van der Waals surface area (Å²) in [5, 5.41) is 6.61. The average molecular weight is 373 g/mol. The molecule has 3 heterocycles. The van der Waals surface area contributed by atoms with Gasteiger partial charge in [0.05, 0.1) is 6.20 Å². The van der Waals surface area contributed by atoms with Gasteiger partial charge in [-0.05, 0) is 19.1 Å². The van der Waals surface area contributed by atoms with Crippen molar-refractivity contribution in [1.82, 2.24) is 25.3 Å². The van der Waals surface area contributed by atoms with Crippen molar-refractivity contribution in [2.45, 2.75) is 6.92 Å². The molecule has 0 bridgehead atoms. The van der Waals surface area contributed by atoms with Gasteiger partial charge in [0.2, 0.25) is 0 Å². The molecule has 2 aromatic rings. The fourth-order valence-corrected chi connectivity index (χ4v) is 2.79. The summed E-state index contributed by atoms with van der Waals surface area (Å²) < 4.78 is 10.3. The number of pyridine rings is 1. The Morgan fingerprint density at radius 2 is 2.11 bits per heavy atom. The molecule has 0 spiro atoms. The van der Waals surface area contributed by atoms with Crippen LogP contribution in [0, 0.1) is 6.92 Å². The quantitative estimate of drug-likeness (QED) is 0.746. The molecule has 2 aromatic heterocycles. The Hall–Kier alpha value is -2.94. The Morgan fingerprint density at radius 3 is 2.78 bits per heavy atom. The fraction of sp³-hybridized carbons (Fsp3) is 0.444. The Labute approximate surface area is 157 Å². The zero-order valence-corrected chi connectivity index (χ0v) is 15.3. The van der Waals surface area contributed by atoms with Crippen LogP contribution in [0.15, 0.2) is 35.1 Å². The maximum Gasteiger partial charge on any atom is 0.276 e. The van der Waals surface area contributed by atoms with Gasteiger partial charge < -0.3 is 19.5 Å². The molecule has 2 amide bonds. The standard InChI is InChI=1S/C18H23N5O4/c1-14-11-16(21-27-14)18(25)23-9-7-22(8-10-23)6-5-20-17(24)13-26-15-3-2-4-19-12-15/h2-4,11-12H,5-10,13H2,1H3,(H,20,24). The fourth-order valence-electron chi connectivity index (χ4n) is 2.79. The second-order valence-corrected chi connectivity index (χ2v) is 6.28. The lowest BCUT2D eigenvalue weighted by atomic mass is 10.2. The number of amides is 2. The van der Waals surface area contributed by atoms with Gasteiger partial charge in [0.25, 0.3) is 11.8 Å². The van der Waals surface area contributed by atoms with E-state index in [0.717, 1.165) is 19.6 Å². The van der Waals surface area contributed by atoms with Crippen molar-refractivity contribution in [2.24, 2.45) is 0 Å². The summed E-state index contributed by atoms with van der Waals surface area (Å²) in [6, 6.07) is 5.15. The molecule has 0 aromatic carbocycles. The van der Waals surface area contributed by atoms with Crippen LogP contribution < -0.4 is 10.1 Å². The molecule has 0 unspecified atom stereocenters. The molecule has 0 radical (unpaired) electrons. The van der Waals surface area contributed by atoms with Crippen LogP contribution in [0.2, 0.25) is 0 Å². The molecule has 9 heteroatoms. The maximum absolute atomic E-state index is 12.3. The number of aryl methyl sites for hydroxylation is 1. The van der Waals surface area contributed by atoms with E-state index in [1.807, 2.05) is 0 Å². The molecule has 1 fully saturated rings. The van der Waals surface area contributed by atoms with E-state index < -0.39 is 0 Å². The Bertz CT molecular complexity index is 756. The van der Waals surface area contributed by atoms with E-state index in [1.54, 1.807) is 42.4 Å². The van der Waals surface area contributed by atoms with Crippen LogP contribution in [0.5, 0.6) is 5.75 Å². The van der Waals surface area contributed by atoms with Crippen LogP contribution in [0.25, 0.3) is 0 Å². The topological polar surface area (TPSA) is 101 Å². The summed E-state index contributed by atoms with van der Waals surface area (Å²) in [6.07, 6.45) is 3.21. The van der Waals surface area contributed by atoms with E-state index in [1.165, 1.54) is 0 Å². The van der Waals surface area contributed by atoms with E-state index in [0.29, 0.717) is 36.8 Å². The zero-order chi connectivity index (χ0) is 19.1. The van der Waals surface area contributed by atoms with Gasteiger partial charge in [-0.3, -0.25) is 19.5 Å². The van der Waals surface area contributed by atoms with Gasteiger partial charge in [0, 0.05) is 51.5 Å². The molecule has 1 saturated heterocycles. The van der Waals surface area contributed by atoms with Crippen molar-refractivity contribution in [3.63, 3.8) is 0 Å². The monoisotopic (exact) mass is 373 g/mol. The second-order valence-electron chi connectivity index (χ2n) is 6.28. The van der Waals surface area contributed by atoms with Crippen LogP contribution in [-0.2, 0) is 4.79 Å². The van der Waals surface area contributed by atoms with Crippen molar-refractivity contribution in [1.29, 1.82) is 0 Å². The molecule has 0 aliphatic carbocycles. The lowest BCUT2D eigenvalue weighted by molar-refractivity contribution is -0.123. The van der Waals surface area contributed by atoms with Crippen LogP contribution >= 0.6 is 0 Å². The largest absolute Gasteiger partial charge is 0.482 e. The van der Waals surface area contributed by atoms with Gasteiger partial charge in [0.15, 0.2) is 12.3 Å². The number of hydrogen-bond donors (Lipinski definition) is 1. The summed E-state index contributed by atoms with van der Waals surface area (Å²) in [6.45, 7) is 5.75. The van der Waals surface area contributed by atoms with E-state index in [4.69, 9.17) is 9.26 Å². The van der Waals surface area contributed by atoms with Gasteiger partial charge in [-0.15, -0.1) is 0 Å². The van der Waals surface area contributed by atoms with Crippen molar-refractivity contribution in [2.75, 3.05) is 45.9 Å². The normalized spacial score (nSPS) is 14.8. The molecule has 1 aliphatic heterocycles. The van der Waals surface area contributed by atoms with Gasteiger partial charge >= 0.3 is 0 Å². The minimum absolute atomic E-state index is 0.0366. The summed E-state index contributed by atoms with van der Waals surface area (Å²) >= 11 is 0. The van der Waals surface area contributed by atoms with Gasteiger partial charge in [-0.1, -0.05) is 5.16 Å². The molecule has 1 aliphatic rings. The molecular weight excluding hydrogens is 350 g/mol. The number of ether oxygens (including phenoxy) is 1. The smallest absolute Gasteiger partial charge is 0.276 e. The summed E-state index contributed by atoms with van der Waals surface area (Å²) in [5.74, 6) is 0.914. The highest BCUT2D eigenvalue weighted by molar-refractivity contribution is 5.92. The molecule has 3 rings (SSSR count). The van der Waals surface area contributed by atoms with Crippen molar-refractivity contribution >= 4 is 11.8 Å². The van der Waals surface area contributed by atoms with Gasteiger partial charge in [-0.25, -0.2) is 0 Å². The molecular formula is C18H23N5O4. The molecule has 0 atom stereocenters. The maximum atomic E-state index is 12.3. The first-order valence-corrected chi connectivity index (χ1v) is 8.86. The first kappa shape index (κ1) is 18.8. The first-order valence-electron chi connectivity index (χ1n) is 8.86. The second kappa shape index (κ2) is 9.13. The third kappa shape index (κ3) is 5.52. The number of piperazine rings is 1. The van der Waals surface area contributed by atoms with Crippen molar-refractivity contribution in [3.05, 3.63) is 42.0 Å². The molecule has 1 N–H and O–H groups in total. The highest BCUT2D eigenvalue weighted by Gasteiger charge is 2.24. The summed E-state index contributed by atoms with van der Waals surface area (Å²) in [5.41, 5.74) is 0.349. The lowest BCUT2D eigenvalue weighted by Crippen LogP contribution is -2.50. The predicted octanol–water partition coefficient (Wildman–Crippen LogP) is 0.331. The van der Waals surface area contributed by atoms with Crippen LogP contribution in [0.4, 0.5) is 0 Å². The number of nitrogens with zero attached hydrogens (tertiary/aromatic N) is 4. The minimum Gasteiger partial charge on any atom is -0.482 e. The molecule has 144 valence electrons. The number of rotatable bonds is 7. The van der Waals surface area contributed by atoms with Crippen molar-refractivity contribution in [3.8, 4) is 5.75 Å². The predicted molar refractivity (Wildman–Crippen MR) is 96.3 cm³/mol. The first-order chi connectivity index (χ1) is 13.1. The van der Waals surface area contributed by atoms with Crippen molar-refractivity contribution < 1.29 is 18.8 Å². The van der Waals surface area contributed by atoms with Crippen LogP contribution in [0.1, 0.15) is 16.2 Å². The highest BCUT2D eigenvalue weighted by atomic mass is 16.5. The number of aromatic nitrogens is 2. The lowest BCUT2D eigenvalue weighted by Gasteiger charge is -2.34. The third-order valence-electron chi connectivity index (χ3n) is 4.26. The Kier molecular flexibility index (Phi) is 6.37. The van der Waals surface area contributed by atoms with Gasteiger partial charge in [-0.2, -0.15) is 0 Å². The van der Waals surface area contributed by atoms with Crippen LogP contribution in [0.3, 0.4) is 0 Å². The Balaban J connectivity index is 1.31. The summed E-state index contributed by atoms with van der Waals surface area (Å²) in [7, 11) is 0.